The van der Waals surface area contributed by atoms with E-state index in [2.05, 4.69) is 6.07 Å². The van der Waals surface area contributed by atoms with Crippen LogP contribution >= 0.6 is 0 Å². The molecule has 0 aliphatic carbocycles. The number of carbonyl (C=O) groups is 1. The number of aliphatic hydroxyl groups excluding tert-OH is 1. The first-order valence-corrected chi connectivity index (χ1v) is 7.84. The topological polar surface area (TPSA) is 76.8 Å². The van der Waals surface area contributed by atoms with Crippen molar-refractivity contribution >= 4 is 5.91 Å². The molecule has 1 aromatic rings. The summed E-state index contributed by atoms with van der Waals surface area (Å²) in [6.07, 6.45) is 0.772. The third kappa shape index (κ3) is 2.51. The van der Waals surface area contributed by atoms with E-state index in [1.54, 1.807) is 36.2 Å². The molecule has 126 valence electrons. The lowest BCUT2D eigenvalue weighted by Crippen LogP contribution is -2.52. The second-order valence-electron chi connectivity index (χ2n) is 6.90. The van der Waals surface area contributed by atoms with Crippen LogP contribution in [0.3, 0.4) is 0 Å². The Morgan fingerprint density at radius 3 is 2.75 bits per heavy atom. The van der Waals surface area contributed by atoms with E-state index in [0.717, 1.165) is 11.3 Å². The van der Waals surface area contributed by atoms with Crippen LogP contribution in [0.4, 0.5) is 0 Å². The van der Waals surface area contributed by atoms with Gasteiger partial charge in [0.25, 0.3) is 0 Å². The largest absolute Gasteiger partial charge is 0.485 e. The summed E-state index contributed by atoms with van der Waals surface area (Å²) in [4.78, 5) is 15.4. The summed E-state index contributed by atoms with van der Waals surface area (Å²) < 4.78 is 5.93. The van der Waals surface area contributed by atoms with Gasteiger partial charge in [-0.25, -0.2) is 0 Å². The first kappa shape index (κ1) is 16.3. The van der Waals surface area contributed by atoms with Gasteiger partial charge >= 0.3 is 0 Å². The van der Waals surface area contributed by atoms with Gasteiger partial charge in [-0.2, -0.15) is 5.26 Å². The summed E-state index contributed by atoms with van der Waals surface area (Å²) in [5.74, 6) is 0.600. The number of likely N-dealkylation sites (N-methyl/N-ethyl adjacent to an activating group) is 2. The molecule has 0 bridgehead atoms. The van der Waals surface area contributed by atoms with Gasteiger partial charge in [0, 0.05) is 31.4 Å². The molecule has 1 N–H and O–H groups in total. The molecular formula is C18H21N3O3. The van der Waals surface area contributed by atoms with Crippen LogP contribution in [0, 0.1) is 11.3 Å². The van der Waals surface area contributed by atoms with Crippen LogP contribution in [0.1, 0.15) is 31.0 Å². The fourth-order valence-electron chi connectivity index (χ4n) is 3.27. The summed E-state index contributed by atoms with van der Waals surface area (Å²) in [6, 6.07) is 6.94. The molecule has 6 heteroatoms. The van der Waals surface area contributed by atoms with E-state index in [0.29, 0.717) is 17.9 Å². The number of hydrogen-bond acceptors (Lipinski definition) is 5. The van der Waals surface area contributed by atoms with E-state index in [9.17, 15) is 15.2 Å². The molecule has 0 unspecified atom stereocenters. The molecule has 1 aromatic carbocycles. The fourth-order valence-corrected chi connectivity index (χ4v) is 3.27. The van der Waals surface area contributed by atoms with Crippen LogP contribution in [-0.4, -0.2) is 53.2 Å². The number of benzene rings is 1. The Morgan fingerprint density at radius 2 is 2.17 bits per heavy atom. The van der Waals surface area contributed by atoms with Crippen molar-refractivity contribution in [3.63, 3.8) is 0 Å². The Labute approximate surface area is 141 Å². The van der Waals surface area contributed by atoms with Gasteiger partial charge in [-0.3, -0.25) is 4.79 Å². The van der Waals surface area contributed by atoms with Gasteiger partial charge in [-0.15, -0.1) is 0 Å². The maximum absolute atomic E-state index is 11.8. The monoisotopic (exact) mass is 327 g/mol. The van der Waals surface area contributed by atoms with Crippen molar-refractivity contribution in [2.45, 2.75) is 31.6 Å². The zero-order chi connectivity index (χ0) is 17.6. The molecule has 6 nitrogen and oxygen atoms in total. The second kappa shape index (κ2) is 5.53. The second-order valence-corrected chi connectivity index (χ2v) is 6.90. The van der Waals surface area contributed by atoms with E-state index in [1.165, 1.54) is 0 Å². The van der Waals surface area contributed by atoms with Crippen molar-refractivity contribution in [2.75, 3.05) is 20.6 Å². The van der Waals surface area contributed by atoms with E-state index in [4.69, 9.17) is 4.74 Å². The third-order valence-corrected chi connectivity index (χ3v) is 4.78. The van der Waals surface area contributed by atoms with Gasteiger partial charge in [0.05, 0.1) is 24.2 Å². The Hall–Kier alpha value is -2.52. The summed E-state index contributed by atoms with van der Waals surface area (Å²) in [5, 5.41) is 20.1. The van der Waals surface area contributed by atoms with Gasteiger partial charge in [0.15, 0.2) is 0 Å². The molecule has 0 saturated heterocycles. The van der Waals surface area contributed by atoms with Gasteiger partial charge < -0.3 is 19.6 Å². The van der Waals surface area contributed by atoms with Gasteiger partial charge in [0.2, 0.25) is 5.91 Å². The molecule has 2 aliphatic rings. The third-order valence-electron chi connectivity index (χ3n) is 4.78. The SMILES string of the molecule is CN1CC(N(C)[C@@H]2c3cc(C#N)ccc3OC(C)(C)[C@H]2O)=CC1=O. The van der Waals surface area contributed by atoms with E-state index in [-0.39, 0.29) is 5.91 Å². The average molecular weight is 327 g/mol. The lowest BCUT2D eigenvalue weighted by atomic mass is 9.85. The van der Waals surface area contributed by atoms with Crippen LogP contribution in [0.2, 0.25) is 0 Å². The van der Waals surface area contributed by atoms with Crippen LogP contribution in [0.5, 0.6) is 5.75 Å². The van der Waals surface area contributed by atoms with Crippen molar-refractivity contribution in [1.82, 2.24) is 9.80 Å². The highest BCUT2D eigenvalue weighted by Crippen LogP contribution is 2.44. The molecule has 3 rings (SSSR count). The zero-order valence-electron chi connectivity index (χ0n) is 14.3. The number of nitrogens with zero attached hydrogens (tertiary/aromatic N) is 3. The first-order valence-electron chi connectivity index (χ1n) is 7.84. The maximum Gasteiger partial charge on any atom is 0.248 e. The van der Waals surface area contributed by atoms with Crippen molar-refractivity contribution in [3.8, 4) is 11.8 Å². The van der Waals surface area contributed by atoms with Crippen LogP contribution in [-0.2, 0) is 4.79 Å². The minimum Gasteiger partial charge on any atom is -0.485 e. The molecule has 0 aromatic heterocycles. The van der Waals surface area contributed by atoms with Crippen LogP contribution in [0.15, 0.2) is 30.0 Å². The predicted octanol–water partition coefficient (Wildman–Crippen LogP) is 1.42. The molecule has 2 heterocycles. The Balaban J connectivity index is 2.07. The Bertz CT molecular complexity index is 763. The van der Waals surface area contributed by atoms with Crippen molar-refractivity contribution in [2.24, 2.45) is 0 Å². The van der Waals surface area contributed by atoms with Gasteiger partial charge in [-0.05, 0) is 32.0 Å². The molecule has 2 atom stereocenters. The highest BCUT2D eigenvalue weighted by molar-refractivity contribution is 5.90. The number of fused-ring (bicyclic) bond motifs is 1. The van der Waals surface area contributed by atoms with Crippen molar-refractivity contribution < 1.29 is 14.6 Å². The minimum absolute atomic E-state index is 0.0522. The van der Waals surface area contributed by atoms with Gasteiger partial charge in [0.1, 0.15) is 17.5 Å². The minimum atomic E-state index is -0.814. The summed E-state index contributed by atoms with van der Waals surface area (Å²) in [7, 11) is 3.60. The van der Waals surface area contributed by atoms with Gasteiger partial charge in [-0.1, -0.05) is 0 Å². The van der Waals surface area contributed by atoms with Crippen LogP contribution in [0.25, 0.3) is 0 Å². The molecule has 0 radical (unpaired) electrons. The van der Waals surface area contributed by atoms with Crippen molar-refractivity contribution in [3.05, 3.63) is 41.1 Å². The van der Waals surface area contributed by atoms with E-state index >= 15 is 0 Å². The molecule has 0 saturated carbocycles. The Kier molecular flexibility index (Phi) is 3.77. The first-order chi connectivity index (χ1) is 11.2. The zero-order valence-corrected chi connectivity index (χ0v) is 14.3. The summed E-state index contributed by atoms with van der Waals surface area (Å²) in [6.45, 7) is 4.16. The normalized spacial score (nSPS) is 24.8. The number of carbonyl (C=O) groups excluding carboxylic acids is 1. The number of hydrogen-bond donors (Lipinski definition) is 1. The smallest absolute Gasteiger partial charge is 0.248 e. The number of aliphatic hydroxyl groups is 1. The quantitative estimate of drug-likeness (QED) is 0.889. The Morgan fingerprint density at radius 1 is 1.46 bits per heavy atom. The van der Waals surface area contributed by atoms with Crippen molar-refractivity contribution in [1.29, 1.82) is 5.26 Å². The molecule has 0 fully saturated rings. The molecule has 1 amide bonds. The maximum atomic E-state index is 11.8. The summed E-state index contributed by atoms with van der Waals surface area (Å²) in [5.41, 5.74) is 1.31. The highest BCUT2D eigenvalue weighted by atomic mass is 16.5. The number of rotatable bonds is 2. The van der Waals surface area contributed by atoms with E-state index in [1.807, 2.05) is 25.8 Å². The average Bonchev–Trinajstić information content (AvgIpc) is 2.87. The molecule has 24 heavy (non-hydrogen) atoms. The lowest BCUT2D eigenvalue weighted by Gasteiger charge is -2.46. The number of nitriles is 1. The standard InChI is InChI=1S/C18H21N3O3/c1-18(2)17(23)16(21(4)12-8-15(22)20(3)10-12)13-7-11(9-19)5-6-14(13)24-18/h5-8,16-17,23H,10H2,1-4H3/t16-,17+/m1/s1. The number of amides is 1. The number of ether oxygens (including phenoxy) is 1. The lowest BCUT2D eigenvalue weighted by molar-refractivity contribution is -0.123. The predicted molar refractivity (Wildman–Crippen MR) is 88.1 cm³/mol. The van der Waals surface area contributed by atoms with Crippen LogP contribution < -0.4 is 4.74 Å². The summed E-state index contributed by atoms with van der Waals surface area (Å²) >= 11 is 0. The molecular weight excluding hydrogens is 306 g/mol. The molecule has 0 spiro atoms. The fraction of sp³-hybridized carbons (Fsp3) is 0.444. The highest BCUT2D eigenvalue weighted by Gasteiger charge is 2.45. The molecule has 2 aliphatic heterocycles. The van der Waals surface area contributed by atoms with E-state index < -0.39 is 17.7 Å².